The highest BCUT2D eigenvalue weighted by Crippen LogP contribution is 2.38. The molecule has 1 unspecified atom stereocenters. The summed E-state index contributed by atoms with van der Waals surface area (Å²) < 4.78 is 48.1. The number of aliphatic hydroxyl groups excluding tert-OH is 2. The number of allylic oxidation sites excluding steroid dienone is 6. The lowest BCUT2D eigenvalue weighted by atomic mass is 9.78. The van der Waals surface area contributed by atoms with Gasteiger partial charge in [-0.05, 0) is 120 Å². The van der Waals surface area contributed by atoms with Crippen molar-refractivity contribution in [2.45, 2.75) is 199 Å². The molecule has 2 bridgehead atoms. The lowest BCUT2D eigenvalue weighted by molar-refractivity contribution is -0.266. The summed E-state index contributed by atoms with van der Waals surface area (Å²) in [5.74, 6) is -8.15. The quantitative estimate of drug-likeness (QED) is 0.0750. The van der Waals surface area contributed by atoms with E-state index in [4.69, 9.17) is 37.9 Å². The number of ketones is 3. The average molecular weight is 1070 g/mol. The highest BCUT2D eigenvalue weighted by Gasteiger charge is 2.53. The maximum absolute atomic E-state index is 14.6. The summed E-state index contributed by atoms with van der Waals surface area (Å²) in [6.07, 6.45) is 13.4. The molecular weight excluding hydrogens is 979 g/mol. The second kappa shape index (κ2) is 31.3. The monoisotopic (exact) mass is 1070 g/mol. The Balaban J connectivity index is 1.46. The number of Topliss-reactive ketones (excluding diaryl/α,β-unsaturated/α-hetero) is 3. The molecule has 3 N–H and O–H groups in total. The molecule has 1 aliphatic carbocycles. The molecule has 1 saturated carbocycles. The first-order valence-electron chi connectivity index (χ1n) is 28.3. The zero-order valence-corrected chi connectivity index (χ0v) is 47.1. The van der Waals surface area contributed by atoms with Gasteiger partial charge in [-0.15, -0.1) is 0 Å². The van der Waals surface area contributed by atoms with Crippen LogP contribution in [0.3, 0.4) is 0 Å². The van der Waals surface area contributed by atoms with E-state index in [0.29, 0.717) is 76.8 Å². The molecular formula is C59H93NO16. The molecule has 430 valence electrons. The molecule has 76 heavy (non-hydrogen) atoms. The smallest absolute Gasteiger partial charge is 0.329 e. The second-order valence-electron chi connectivity index (χ2n) is 22.5. The number of carbonyl (C=O) groups is 5. The van der Waals surface area contributed by atoms with E-state index in [-0.39, 0.29) is 93.3 Å². The Morgan fingerprint density at radius 1 is 0.803 bits per heavy atom. The molecule has 15 atom stereocenters. The molecule has 4 fully saturated rings. The normalized spacial score (nSPS) is 37.8. The van der Waals surface area contributed by atoms with Gasteiger partial charge in [-0.2, -0.15) is 0 Å². The minimum Gasteiger partial charge on any atom is -0.460 e. The summed E-state index contributed by atoms with van der Waals surface area (Å²) in [6, 6.07) is -1.17. The number of hydrogen-bond acceptors (Lipinski definition) is 16. The molecule has 17 nitrogen and oxygen atoms in total. The van der Waals surface area contributed by atoms with Crippen LogP contribution in [-0.2, 0) is 61.9 Å². The molecule has 17 heteroatoms. The lowest BCUT2D eigenvalue weighted by Crippen LogP contribution is -2.61. The van der Waals surface area contributed by atoms with E-state index in [1.807, 2.05) is 58.1 Å². The van der Waals surface area contributed by atoms with Gasteiger partial charge in [0.1, 0.15) is 30.1 Å². The first kappa shape index (κ1) is 63.3. The number of hydrogen-bond donors (Lipinski definition) is 3. The van der Waals surface area contributed by atoms with Gasteiger partial charge >= 0.3 is 5.97 Å². The van der Waals surface area contributed by atoms with Gasteiger partial charge in [0.15, 0.2) is 5.78 Å². The van der Waals surface area contributed by atoms with Gasteiger partial charge in [0, 0.05) is 64.6 Å². The fourth-order valence-corrected chi connectivity index (χ4v) is 11.7. The van der Waals surface area contributed by atoms with Crippen molar-refractivity contribution in [3.05, 3.63) is 47.6 Å². The van der Waals surface area contributed by atoms with E-state index in [1.165, 1.54) is 12.0 Å². The fraction of sp³-hybridized carbons (Fsp3) is 0.780. The van der Waals surface area contributed by atoms with Gasteiger partial charge in [-0.3, -0.25) is 19.2 Å². The Morgan fingerprint density at radius 2 is 1.54 bits per heavy atom. The fourth-order valence-electron chi connectivity index (χ4n) is 11.7. The van der Waals surface area contributed by atoms with Gasteiger partial charge in [0.25, 0.3) is 11.7 Å². The van der Waals surface area contributed by atoms with Crippen molar-refractivity contribution < 1.29 is 77.2 Å². The summed E-state index contributed by atoms with van der Waals surface area (Å²) in [6.45, 7) is 14.8. The predicted octanol–water partition coefficient (Wildman–Crippen LogP) is 6.76. The standard InChI is InChI=1S/C59H93NO16/c1-37-15-11-10-12-16-38(2)50(74-30-29-72-45-22-26-71-27-23-45)35-46-20-18-43(7)59(68,76-46)56(65)57(66)60-24-14-13-17-47(60)58(67)75-51(40(4)33-44-19-21-49(73-28-25-61)52(34-44)69-8)36-48(62)39(3)32-42(6)54(64)55(70-9)53(63)41(5)31-37/h10-12,15-16,32,37,39-41,43-47,49-52,54-55,61,64,68H,13-14,17-31,33-36H2,1-9H3/b12-10+,15-11+,38-16+,42-32+/t37-,39-,40-,41-,43-,44+,46+,47+,49-,50?,51+,52-,54-,55+,59-/m1/s1. The van der Waals surface area contributed by atoms with E-state index in [9.17, 15) is 39.3 Å². The molecule has 5 aliphatic rings. The Kier molecular flexibility index (Phi) is 26.1. The Hall–Kier alpha value is -3.49. The Bertz CT molecular complexity index is 2000. The summed E-state index contributed by atoms with van der Waals surface area (Å²) in [5.41, 5.74) is 1.25. The van der Waals surface area contributed by atoms with Crippen molar-refractivity contribution in [3.63, 3.8) is 0 Å². The molecule has 5 rings (SSSR count). The van der Waals surface area contributed by atoms with Gasteiger partial charge in [0.05, 0.1) is 56.9 Å². The van der Waals surface area contributed by atoms with Crippen LogP contribution in [-0.4, -0.2) is 171 Å². The molecule has 3 saturated heterocycles. The van der Waals surface area contributed by atoms with Crippen molar-refractivity contribution >= 4 is 29.2 Å². The van der Waals surface area contributed by atoms with E-state index in [0.717, 1.165) is 24.8 Å². The molecule has 1 amide bonds. The number of piperidine rings is 1. The largest absolute Gasteiger partial charge is 0.460 e. The van der Waals surface area contributed by atoms with E-state index < -0.39 is 77.8 Å². The second-order valence-corrected chi connectivity index (χ2v) is 22.5. The van der Waals surface area contributed by atoms with Crippen molar-refractivity contribution in [3.8, 4) is 0 Å². The maximum Gasteiger partial charge on any atom is 0.329 e. The van der Waals surface area contributed by atoms with Crippen LogP contribution in [0.15, 0.2) is 47.6 Å². The number of esters is 1. The van der Waals surface area contributed by atoms with Crippen LogP contribution in [0.1, 0.15) is 138 Å². The SMILES string of the molecule is CO[C@@H]1C[C@H](C[C@@H](C)[C@@H]2CC(=O)[C@H](C)/C=C(\C)[C@@H](O)[C@@H](OC)C(=O)[C@H](C)C[C@H](C)/C=C/C=C/C=C(\C)C(OCCOC3CCOCC3)C[C@@H]3CC[C@@H](C)[C@@](O)(O3)C(=O)C(=O)N3CCCC[C@H]3C(=O)O2)CC[C@H]1OCCO. The van der Waals surface area contributed by atoms with Crippen LogP contribution >= 0.6 is 0 Å². The van der Waals surface area contributed by atoms with Crippen molar-refractivity contribution in [1.29, 1.82) is 0 Å². The minimum absolute atomic E-state index is 0.00727. The molecule has 0 radical (unpaired) electrons. The molecule has 0 aromatic carbocycles. The molecule has 0 aromatic rings. The Morgan fingerprint density at radius 3 is 2.25 bits per heavy atom. The zero-order valence-electron chi connectivity index (χ0n) is 47.1. The number of nitrogens with zero attached hydrogens (tertiary/aromatic N) is 1. The van der Waals surface area contributed by atoms with Crippen molar-refractivity contribution in [1.82, 2.24) is 4.90 Å². The molecule has 0 spiro atoms. The highest BCUT2D eigenvalue weighted by molar-refractivity contribution is 6.39. The summed E-state index contributed by atoms with van der Waals surface area (Å²) in [5, 5.41) is 33.2. The van der Waals surface area contributed by atoms with E-state index >= 15 is 0 Å². The van der Waals surface area contributed by atoms with Gasteiger partial charge in [-0.1, -0.05) is 71.1 Å². The number of fused-ring (bicyclic) bond motifs is 3. The van der Waals surface area contributed by atoms with E-state index in [2.05, 4.69) is 0 Å². The number of carbonyl (C=O) groups excluding carboxylic acids is 5. The first-order chi connectivity index (χ1) is 36.3. The van der Waals surface area contributed by atoms with Gasteiger partial charge in [-0.25, -0.2) is 4.79 Å². The van der Waals surface area contributed by atoms with Crippen LogP contribution in [0.4, 0.5) is 0 Å². The maximum atomic E-state index is 14.6. The Labute approximate surface area is 452 Å². The molecule has 0 aromatic heterocycles. The minimum atomic E-state index is -2.48. The van der Waals surface area contributed by atoms with Crippen LogP contribution in [0.2, 0.25) is 0 Å². The topological polar surface area (TPSA) is 223 Å². The number of amides is 1. The third-order valence-electron chi connectivity index (χ3n) is 16.5. The number of methoxy groups -OCH3 is 2. The van der Waals surface area contributed by atoms with Crippen LogP contribution < -0.4 is 0 Å². The summed E-state index contributed by atoms with van der Waals surface area (Å²) >= 11 is 0. The predicted molar refractivity (Wildman–Crippen MR) is 285 cm³/mol. The number of aliphatic hydroxyl groups is 3. The lowest BCUT2D eigenvalue weighted by Gasteiger charge is -2.43. The third kappa shape index (κ3) is 18.0. The first-order valence-corrected chi connectivity index (χ1v) is 28.3. The number of ether oxygens (including phenoxy) is 8. The van der Waals surface area contributed by atoms with Crippen molar-refractivity contribution in [2.24, 2.45) is 35.5 Å². The van der Waals surface area contributed by atoms with Crippen LogP contribution in [0, 0.1) is 35.5 Å². The summed E-state index contributed by atoms with van der Waals surface area (Å²) in [4.78, 5) is 73.0. The number of cyclic esters (lactones) is 1. The average Bonchev–Trinajstić information content (AvgIpc) is 3.41. The van der Waals surface area contributed by atoms with Crippen LogP contribution in [0.5, 0.6) is 0 Å². The van der Waals surface area contributed by atoms with E-state index in [1.54, 1.807) is 34.0 Å². The zero-order chi connectivity index (χ0) is 55.5. The van der Waals surface area contributed by atoms with Gasteiger partial charge < -0.3 is 58.1 Å². The van der Waals surface area contributed by atoms with Crippen molar-refractivity contribution in [2.75, 3.05) is 60.4 Å². The third-order valence-corrected chi connectivity index (χ3v) is 16.5. The molecule has 4 heterocycles. The van der Waals surface area contributed by atoms with Gasteiger partial charge in [0.2, 0.25) is 5.79 Å². The molecule has 4 aliphatic heterocycles. The highest BCUT2D eigenvalue weighted by atomic mass is 16.6. The van der Waals surface area contributed by atoms with Crippen LogP contribution in [0.25, 0.3) is 0 Å². The number of rotatable bonds is 13. The summed E-state index contributed by atoms with van der Waals surface area (Å²) in [7, 11) is 3.01.